The molecule has 5 N–H and O–H groups in total. The molecule has 0 aliphatic heterocycles. The van der Waals surface area contributed by atoms with Crippen molar-refractivity contribution in [1.29, 1.82) is 0 Å². The molecule has 0 amide bonds. The van der Waals surface area contributed by atoms with Crippen molar-refractivity contribution in [2.75, 3.05) is 11.0 Å². The van der Waals surface area contributed by atoms with Gasteiger partial charge in [-0.2, -0.15) is 0 Å². The summed E-state index contributed by atoms with van der Waals surface area (Å²) in [6, 6.07) is 4.35. The van der Waals surface area contributed by atoms with E-state index >= 15 is 0 Å². The highest BCUT2D eigenvalue weighted by Crippen LogP contribution is 2.34. The third-order valence-electron chi connectivity index (χ3n) is 1.73. The van der Waals surface area contributed by atoms with E-state index in [1.165, 1.54) is 18.2 Å². The maximum Gasteiger partial charge on any atom is 0.360 e. The first-order valence-corrected chi connectivity index (χ1v) is 6.46. The Kier molecular flexibility index (Phi) is 3.99. The van der Waals surface area contributed by atoms with E-state index in [-0.39, 0.29) is 5.75 Å². The number of halogens is 1. The Morgan fingerprint density at radius 2 is 2.20 bits per heavy atom. The molecule has 84 valence electrons. The van der Waals surface area contributed by atoms with Crippen LogP contribution in [-0.2, 0) is 11.0 Å². The molecule has 0 aliphatic carbocycles. The molecule has 7 heteroatoms. The fourth-order valence-electron chi connectivity index (χ4n) is 1.17. The summed E-state index contributed by atoms with van der Waals surface area (Å²) in [4.78, 5) is 8.96. The maximum absolute atomic E-state index is 11.0. The van der Waals surface area contributed by atoms with Crippen LogP contribution in [0.15, 0.2) is 18.2 Å². The fraction of sp³-hybridized carbons (Fsp3) is 0.250. The zero-order valence-corrected chi connectivity index (χ0v) is 9.50. The molecule has 0 saturated heterocycles. The summed E-state index contributed by atoms with van der Waals surface area (Å²) in [7, 11) is -3.83. The van der Waals surface area contributed by atoms with Crippen LogP contribution in [0.1, 0.15) is 5.56 Å². The monoisotopic (exact) mass is 250 g/mol. The van der Waals surface area contributed by atoms with Crippen molar-refractivity contribution in [2.24, 2.45) is 5.50 Å². The molecule has 5 nitrogen and oxygen atoms in total. The number of aryl methyl sites for hydroxylation is 1. The summed E-state index contributed by atoms with van der Waals surface area (Å²) in [5.41, 5.74) is 6.02. The number of nitrogens with one attached hydrogen (secondary N) is 1. The van der Waals surface area contributed by atoms with Crippen molar-refractivity contribution in [3.63, 3.8) is 0 Å². The smallest absolute Gasteiger partial charge is 0.360 e. The van der Waals surface area contributed by atoms with Crippen molar-refractivity contribution in [2.45, 2.75) is 6.42 Å². The number of aromatic hydroxyl groups is 1. The van der Waals surface area contributed by atoms with E-state index < -0.39 is 7.67 Å². The van der Waals surface area contributed by atoms with Crippen molar-refractivity contribution >= 4 is 25.0 Å². The SMILES string of the molecule is NP(=O)(O)Nc1ccc(O)cc1CCCl. The number of benzene rings is 1. The lowest BCUT2D eigenvalue weighted by Crippen LogP contribution is -2.06. The Morgan fingerprint density at radius 1 is 1.53 bits per heavy atom. The van der Waals surface area contributed by atoms with Crippen LogP contribution >= 0.6 is 19.3 Å². The van der Waals surface area contributed by atoms with Gasteiger partial charge in [0.05, 0.1) is 0 Å². The Labute approximate surface area is 92.4 Å². The molecule has 1 unspecified atom stereocenters. The number of nitrogens with two attached hydrogens (primary N) is 1. The second-order valence-electron chi connectivity index (χ2n) is 3.02. The Balaban J connectivity index is 3.00. The van der Waals surface area contributed by atoms with Crippen LogP contribution in [0.4, 0.5) is 5.69 Å². The first-order chi connectivity index (χ1) is 6.92. The number of hydrogen-bond acceptors (Lipinski definition) is 2. The summed E-state index contributed by atoms with van der Waals surface area (Å²) in [5, 5.41) is 11.5. The predicted molar refractivity (Wildman–Crippen MR) is 60.2 cm³/mol. The molecule has 0 radical (unpaired) electrons. The largest absolute Gasteiger partial charge is 0.508 e. The molecule has 1 aromatic carbocycles. The summed E-state index contributed by atoms with van der Waals surface area (Å²) < 4.78 is 11.0. The highest BCUT2D eigenvalue weighted by Gasteiger charge is 2.12. The average molecular weight is 251 g/mol. The number of anilines is 1. The van der Waals surface area contributed by atoms with Crippen LogP contribution in [0.2, 0.25) is 0 Å². The van der Waals surface area contributed by atoms with Gasteiger partial charge in [0.15, 0.2) is 0 Å². The minimum absolute atomic E-state index is 0.0745. The van der Waals surface area contributed by atoms with Gasteiger partial charge < -0.3 is 15.1 Å². The maximum atomic E-state index is 11.0. The fourth-order valence-corrected chi connectivity index (χ4v) is 1.94. The van der Waals surface area contributed by atoms with E-state index in [2.05, 4.69) is 5.09 Å². The lowest BCUT2D eigenvalue weighted by Gasteiger charge is -2.13. The Hall–Kier alpha value is -0.740. The molecular formula is C8H12ClN2O3P. The lowest BCUT2D eigenvalue weighted by molar-refractivity contribution is 0.474. The highest BCUT2D eigenvalue weighted by molar-refractivity contribution is 7.57. The molecular weight excluding hydrogens is 239 g/mol. The van der Waals surface area contributed by atoms with Gasteiger partial charge in [0, 0.05) is 11.6 Å². The van der Waals surface area contributed by atoms with Gasteiger partial charge in [0.25, 0.3) is 0 Å². The van der Waals surface area contributed by atoms with E-state index in [0.717, 1.165) is 0 Å². The van der Waals surface area contributed by atoms with Gasteiger partial charge in [-0.15, -0.1) is 11.6 Å². The van der Waals surface area contributed by atoms with E-state index in [1.54, 1.807) is 0 Å². The zero-order chi connectivity index (χ0) is 11.5. The number of alkyl halides is 1. The average Bonchev–Trinajstić information content (AvgIpc) is 2.08. The molecule has 0 bridgehead atoms. The summed E-state index contributed by atoms with van der Waals surface area (Å²) in [6.45, 7) is 0. The highest BCUT2D eigenvalue weighted by atomic mass is 35.5. The summed E-state index contributed by atoms with van der Waals surface area (Å²) in [6.07, 6.45) is 0.471. The Morgan fingerprint density at radius 3 is 2.73 bits per heavy atom. The quantitative estimate of drug-likeness (QED) is 0.370. The van der Waals surface area contributed by atoms with Gasteiger partial charge in [-0.3, -0.25) is 0 Å². The molecule has 15 heavy (non-hydrogen) atoms. The molecule has 1 rings (SSSR count). The standard InChI is InChI=1S/C8H12ClN2O3P/c9-4-3-6-5-7(12)1-2-8(6)11-15(10,13)14/h1-2,5,12H,3-4H2,(H4,10,11,13,14). The topological polar surface area (TPSA) is 95.6 Å². The van der Waals surface area contributed by atoms with Crippen LogP contribution in [-0.4, -0.2) is 15.9 Å². The third kappa shape index (κ3) is 4.10. The number of rotatable bonds is 4. The normalized spacial score (nSPS) is 14.6. The van der Waals surface area contributed by atoms with E-state index in [9.17, 15) is 9.67 Å². The van der Waals surface area contributed by atoms with Crippen LogP contribution < -0.4 is 10.6 Å². The zero-order valence-electron chi connectivity index (χ0n) is 7.85. The third-order valence-corrected chi connectivity index (χ3v) is 2.48. The van der Waals surface area contributed by atoms with Gasteiger partial charge in [0.2, 0.25) is 0 Å². The van der Waals surface area contributed by atoms with E-state index in [1.807, 2.05) is 0 Å². The van der Waals surface area contributed by atoms with Gasteiger partial charge in [-0.05, 0) is 30.2 Å². The molecule has 0 aliphatic rings. The van der Waals surface area contributed by atoms with Crippen LogP contribution in [0.25, 0.3) is 0 Å². The minimum atomic E-state index is -3.83. The van der Waals surface area contributed by atoms with Crippen molar-refractivity contribution < 1.29 is 14.6 Å². The van der Waals surface area contributed by atoms with Gasteiger partial charge in [-0.1, -0.05) is 0 Å². The predicted octanol–water partition coefficient (Wildman–Crippen LogP) is 1.64. The second-order valence-corrected chi connectivity index (χ2v) is 4.86. The number of phenols is 1. The Bertz CT molecular complexity index is 393. The summed E-state index contributed by atoms with van der Waals surface area (Å²) in [5.74, 6) is 0.420. The van der Waals surface area contributed by atoms with Crippen LogP contribution in [0.3, 0.4) is 0 Å². The number of hydrogen-bond donors (Lipinski definition) is 4. The molecule has 0 spiro atoms. The second kappa shape index (κ2) is 4.86. The molecule has 0 saturated carbocycles. The van der Waals surface area contributed by atoms with Gasteiger partial charge in [0.1, 0.15) is 5.75 Å². The summed E-state index contributed by atoms with van der Waals surface area (Å²) >= 11 is 5.56. The van der Waals surface area contributed by atoms with E-state index in [4.69, 9.17) is 22.0 Å². The molecule has 0 fully saturated rings. The molecule has 0 heterocycles. The van der Waals surface area contributed by atoms with Gasteiger partial charge in [-0.25, -0.2) is 10.1 Å². The van der Waals surface area contributed by atoms with E-state index in [0.29, 0.717) is 23.6 Å². The van der Waals surface area contributed by atoms with Crippen molar-refractivity contribution in [1.82, 2.24) is 0 Å². The van der Waals surface area contributed by atoms with Crippen LogP contribution in [0, 0.1) is 0 Å². The van der Waals surface area contributed by atoms with Crippen molar-refractivity contribution in [3.05, 3.63) is 23.8 Å². The van der Waals surface area contributed by atoms with Crippen LogP contribution in [0.5, 0.6) is 5.75 Å². The van der Waals surface area contributed by atoms with Gasteiger partial charge >= 0.3 is 7.67 Å². The first kappa shape index (κ1) is 12.3. The number of phenolic OH excluding ortho intramolecular Hbond substituents is 1. The molecule has 0 aromatic heterocycles. The minimum Gasteiger partial charge on any atom is -0.508 e. The molecule has 1 aromatic rings. The molecule has 1 atom stereocenters. The van der Waals surface area contributed by atoms with Crippen molar-refractivity contribution in [3.8, 4) is 5.75 Å². The first-order valence-electron chi connectivity index (χ1n) is 4.20. The lowest BCUT2D eigenvalue weighted by atomic mass is 10.1.